The largest absolute Gasteiger partial charge is 0.339 e. The van der Waals surface area contributed by atoms with Gasteiger partial charge in [-0.3, -0.25) is 24.4 Å². The summed E-state index contributed by atoms with van der Waals surface area (Å²) < 4.78 is 0. The SMILES string of the molecule is CC(=O)N1CCN(C(=O)C(C)N2CCN(Cc3ccccn3)CC2)CC1. The van der Waals surface area contributed by atoms with Gasteiger partial charge in [0.05, 0.1) is 11.7 Å². The van der Waals surface area contributed by atoms with E-state index in [1.54, 1.807) is 6.92 Å². The van der Waals surface area contributed by atoms with E-state index in [0.717, 1.165) is 38.4 Å². The van der Waals surface area contributed by atoms with Crippen LogP contribution in [0, 0.1) is 0 Å². The van der Waals surface area contributed by atoms with Crippen LogP contribution in [0.5, 0.6) is 0 Å². The second kappa shape index (κ2) is 8.60. The minimum Gasteiger partial charge on any atom is -0.339 e. The van der Waals surface area contributed by atoms with Crippen molar-refractivity contribution in [3.05, 3.63) is 30.1 Å². The van der Waals surface area contributed by atoms with Gasteiger partial charge in [-0.25, -0.2) is 0 Å². The van der Waals surface area contributed by atoms with Crippen LogP contribution < -0.4 is 0 Å². The molecular weight excluding hydrogens is 330 g/mol. The molecule has 0 aromatic carbocycles. The van der Waals surface area contributed by atoms with Crippen molar-refractivity contribution < 1.29 is 9.59 Å². The lowest BCUT2D eigenvalue weighted by molar-refractivity contribution is -0.142. The number of nitrogens with zero attached hydrogens (tertiary/aromatic N) is 5. The lowest BCUT2D eigenvalue weighted by atomic mass is 10.1. The minimum atomic E-state index is -0.101. The molecule has 7 heteroatoms. The molecule has 0 bridgehead atoms. The molecule has 3 rings (SSSR count). The summed E-state index contributed by atoms with van der Waals surface area (Å²) in [5.41, 5.74) is 1.09. The summed E-state index contributed by atoms with van der Waals surface area (Å²) in [6, 6.07) is 5.91. The van der Waals surface area contributed by atoms with E-state index in [2.05, 4.69) is 20.9 Å². The highest BCUT2D eigenvalue weighted by Gasteiger charge is 2.30. The Balaban J connectivity index is 1.45. The molecule has 2 aliphatic rings. The maximum Gasteiger partial charge on any atom is 0.239 e. The zero-order valence-corrected chi connectivity index (χ0v) is 15.8. The van der Waals surface area contributed by atoms with Crippen molar-refractivity contribution in [2.75, 3.05) is 52.4 Å². The maximum atomic E-state index is 12.8. The molecule has 1 aromatic heterocycles. The van der Waals surface area contributed by atoms with Gasteiger partial charge in [-0.1, -0.05) is 6.07 Å². The first-order chi connectivity index (χ1) is 12.5. The Hall–Kier alpha value is -1.99. The summed E-state index contributed by atoms with van der Waals surface area (Å²) in [5, 5.41) is 0. The van der Waals surface area contributed by atoms with Crippen molar-refractivity contribution in [3.8, 4) is 0 Å². The van der Waals surface area contributed by atoms with E-state index >= 15 is 0 Å². The molecule has 1 atom stereocenters. The third kappa shape index (κ3) is 4.59. The molecule has 26 heavy (non-hydrogen) atoms. The van der Waals surface area contributed by atoms with E-state index in [4.69, 9.17) is 0 Å². The monoisotopic (exact) mass is 359 g/mol. The third-order valence-electron chi connectivity index (χ3n) is 5.46. The smallest absolute Gasteiger partial charge is 0.239 e. The van der Waals surface area contributed by atoms with E-state index in [1.165, 1.54) is 0 Å². The highest BCUT2D eigenvalue weighted by Crippen LogP contribution is 2.13. The Kier molecular flexibility index (Phi) is 6.21. The van der Waals surface area contributed by atoms with Crippen LogP contribution in [-0.4, -0.2) is 94.8 Å². The highest BCUT2D eigenvalue weighted by atomic mass is 16.2. The molecule has 3 heterocycles. The van der Waals surface area contributed by atoms with Crippen LogP contribution in [0.2, 0.25) is 0 Å². The maximum absolute atomic E-state index is 12.8. The fourth-order valence-corrected chi connectivity index (χ4v) is 3.69. The lowest BCUT2D eigenvalue weighted by Crippen LogP contribution is -2.57. The molecule has 0 N–H and O–H groups in total. The zero-order chi connectivity index (χ0) is 18.5. The van der Waals surface area contributed by atoms with Crippen LogP contribution in [0.4, 0.5) is 0 Å². The average Bonchev–Trinajstić information content (AvgIpc) is 2.68. The summed E-state index contributed by atoms with van der Waals surface area (Å²) in [4.78, 5) is 37.0. The first-order valence-corrected chi connectivity index (χ1v) is 9.45. The fraction of sp³-hybridized carbons (Fsp3) is 0.632. The molecule has 1 unspecified atom stereocenters. The van der Waals surface area contributed by atoms with Gasteiger partial charge in [-0.2, -0.15) is 0 Å². The normalized spacial score (nSPS) is 20.8. The van der Waals surface area contributed by atoms with Crippen molar-refractivity contribution in [1.82, 2.24) is 24.6 Å². The highest BCUT2D eigenvalue weighted by molar-refractivity contribution is 5.82. The molecule has 0 aliphatic carbocycles. The molecule has 0 spiro atoms. The molecule has 2 amide bonds. The second-order valence-electron chi connectivity index (χ2n) is 7.14. The Bertz CT molecular complexity index is 608. The van der Waals surface area contributed by atoms with Crippen molar-refractivity contribution in [2.45, 2.75) is 26.4 Å². The zero-order valence-electron chi connectivity index (χ0n) is 15.8. The van der Waals surface area contributed by atoms with Crippen LogP contribution in [0.1, 0.15) is 19.5 Å². The van der Waals surface area contributed by atoms with Crippen LogP contribution in [-0.2, 0) is 16.1 Å². The van der Waals surface area contributed by atoms with Gasteiger partial charge in [0.1, 0.15) is 0 Å². The summed E-state index contributed by atoms with van der Waals surface area (Å²) in [7, 11) is 0. The number of piperazine rings is 2. The summed E-state index contributed by atoms with van der Waals surface area (Å²) in [6.07, 6.45) is 1.83. The van der Waals surface area contributed by atoms with Crippen LogP contribution in [0.25, 0.3) is 0 Å². The number of aromatic nitrogens is 1. The van der Waals surface area contributed by atoms with Gasteiger partial charge in [0.2, 0.25) is 11.8 Å². The first-order valence-electron chi connectivity index (χ1n) is 9.45. The molecule has 7 nitrogen and oxygen atoms in total. The number of carbonyl (C=O) groups excluding carboxylic acids is 2. The second-order valence-corrected chi connectivity index (χ2v) is 7.14. The van der Waals surface area contributed by atoms with Crippen LogP contribution in [0.15, 0.2) is 24.4 Å². The Morgan fingerprint density at radius 1 is 1.00 bits per heavy atom. The van der Waals surface area contributed by atoms with Gasteiger partial charge in [-0.05, 0) is 19.1 Å². The van der Waals surface area contributed by atoms with E-state index in [1.807, 2.05) is 35.1 Å². The van der Waals surface area contributed by atoms with Gasteiger partial charge >= 0.3 is 0 Å². The van der Waals surface area contributed by atoms with Gasteiger partial charge in [0.15, 0.2) is 0 Å². The first kappa shape index (κ1) is 18.8. The van der Waals surface area contributed by atoms with Crippen LogP contribution >= 0.6 is 0 Å². The van der Waals surface area contributed by atoms with Gasteiger partial charge < -0.3 is 9.80 Å². The third-order valence-corrected chi connectivity index (χ3v) is 5.46. The topological polar surface area (TPSA) is 60.0 Å². The van der Waals surface area contributed by atoms with Crippen molar-refractivity contribution in [3.63, 3.8) is 0 Å². The molecule has 142 valence electrons. The van der Waals surface area contributed by atoms with Gasteiger partial charge in [0, 0.05) is 72.0 Å². The minimum absolute atomic E-state index is 0.0918. The summed E-state index contributed by atoms with van der Waals surface area (Å²) in [6.45, 7) is 10.7. The van der Waals surface area contributed by atoms with Gasteiger partial charge in [-0.15, -0.1) is 0 Å². The van der Waals surface area contributed by atoms with E-state index in [9.17, 15) is 9.59 Å². The number of hydrogen-bond acceptors (Lipinski definition) is 5. The summed E-state index contributed by atoms with van der Waals surface area (Å²) in [5.74, 6) is 0.278. The molecule has 2 fully saturated rings. The Morgan fingerprint density at radius 2 is 1.65 bits per heavy atom. The quantitative estimate of drug-likeness (QED) is 0.773. The predicted octanol–water partition coefficient (Wildman–Crippen LogP) is 0.278. The lowest BCUT2D eigenvalue weighted by Gasteiger charge is -2.40. The number of rotatable bonds is 4. The number of pyridine rings is 1. The fourth-order valence-electron chi connectivity index (χ4n) is 3.69. The molecule has 2 aliphatic heterocycles. The Labute approximate surface area is 155 Å². The number of hydrogen-bond donors (Lipinski definition) is 0. The van der Waals surface area contributed by atoms with E-state index < -0.39 is 0 Å². The Morgan fingerprint density at radius 3 is 2.23 bits per heavy atom. The number of amides is 2. The summed E-state index contributed by atoms with van der Waals surface area (Å²) >= 11 is 0. The van der Waals surface area contributed by atoms with Crippen molar-refractivity contribution in [2.24, 2.45) is 0 Å². The molecule has 1 aromatic rings. The van der Waals surface area contributed by atoms with Gasteiger partial charge in [0.25, 0.3) is 0 Å². The van der Waals surface area contributed by atoms with Crippen molar-refractivity contribution in [1.29, 1.82) is 0 Å². The molecule has 0 saturated carbocycles. The molecule has 2 saturated heterocycles. The van der Waals surface area contributed by atoms with E-state index in [0.29, 0.717) is 26.2 Å². The molecular formula is C19H29N5O2. The van der Waals surface area contributed by atoms with E-state index in [-0.39, 0.29) is 17.9 Å². The standard InChI is InChI=1S/C19H29N5O2/c1-16(19(26)24-13-11-23(12-14-24)17(2)25)22-9-7-21(8-10-22)15-18-5-3-4-6-20-18/h3-6,16H,7-15H2,1-2H3. The van der Waals surface area contributed by atoms with Crippen molar-refractivity contribution >= 4 is 11.8 Å². The number of carbonyl (C=O) groups is 2. The predicted molar refractivity (Wildman–Crippen MR) is 99.4 cm³/mol. The molecule has 0 radical (unpaired) electrons. The average molecular weight is 359 g/mol. The van der Waals surface area contributed by atoms with Crippen LogP contribution in [0.3, 0.4) is 0 Å².